The lowest BCUT2D eigenvalue weighted by molar-refractivity contribution is -0.135. The van der Waals surface area contributed by atoms with Crippen LogP contribution in [-0.2, 0) is 30.2 Å². The molecule has 9 unspecified atom stereocenters. The minimum absolute atomic E-state index is 0.00853. The van der Waals surface area contributed by atoms with Crippen LogP contribution < -0.4 is 21.8 Å². The SMILES string of the molecule is C#CCCN(CC1=NC2CC(CCc3cc(-c4ccc5c(ccc6nc(C7CC(COCC8=C9CCC%10C%11=C%10C8C9%11)CN7C(=O)C(NC(=O)OC)c7ccccc7)n(N)c65)c4)ccc32)N1)C(=O)C(NC(=O)OC)C(C)C. The van der Waals surface area contributed by atoms with Crippen molar-refractivity contribution in [2.24, 2.45) is 34.6 Å². The molecule has 1 saturated carbocycles. The molecule has 2 fully saturated rings. The van der Waals surface area contributed by atoms with E-state index in [1.807, 2.05) is 55.1 Å². The van der Waals surface area contributed by atoms with Crippen molar-refractivity contribution in [1.82, 2.24) is 35.4 Å². The molecule has 4 aromatic carbocycles. The van der Waals surface area contributed by atoms with E-state index in [0.29, 0.717) is 62.4 Å². The maximum atomic E-state index is 14.9. The quantitative estimate of drug-likeness (QED) is 0.0430. The molecule has 12 rings (SSSR count). The monoisotopic (exact) mass is 1020 g/mol. The third-order valence-electron chi connectivity index (χ3n) is 17.3. The van der Waals surface area contributed by atoms with Gasteiger partial charge in [0.2, 0.25) is 5.91 Å². The molecule has 1 saturated heterocycles. The van der Waals surface area contributed by atoms with Gasteiger partial charge in [0.1, 0.15) is 17.9 Å². The molecule has 4 amide bonds. The van der Waals surface area contributed by atoms with Gasteiger partial charge in [-0.25, -0.2) is 19.2 Å². The van der Waals surface area contributed by atoms with Gasteiger partial charge in [0.05, 0.1) is 57.1 Å². The van der Waals surface area contributed by atoms with Crippen LogP contribution in [0.3, 0.4) is 0 Å². The van der Waals surface area contributed by atoms with Gasteiger partial charge in [-0.1, -0.05) is 97.3 Å². The number of nitrogens with zero attached hydrogens (tertiary/aromatic N) is 5. The van der Waals surface area contributed by atoms with Gasteiger partial charge in [0.15, 0.2) is 5.82 Å². The summed E-state index contributed by atoms with van der Waals surface area (Å²) in [4.78, 5) is 67.7. The Bertz CT molecular complexity index is 3340. The zero-order valence-electron chi connectivity index (χ0n) is 43.5. The molecule has 5 aromatic rings. The largest absolute Gasteiger partial charge is 0.453 e. The summed E-state index contributed by atoms with van der Waals surface area (Å²) in [6.07, 6.45) is 10.3. The molecular weight excluding hydrogens is 959 g/mol. The van der Waals surface area contributed by atoms with Gasteiger partial charge in [-0.05, 0) is 95.4 Å². The van der Waals surface area contributed by atoms with Crippen LogP contribution in [0.15, 0.2) is 106 Å². The first-order valence-corrected chi connectivity index (χ1v) is 26.9. The van der Waals surface area contributed by atoms with Crippen LogP contribution in [0.5, 0.6) is 0 Å². The van der Waals surface area contributed by atoms with E-state index in [1.165, 1.54) is 43.8 Å². The maximum absolute atomic E-state index is 14.9. The normalized spacial score (nSPS) is 24.2. The Hall–Kier alpha value is -7.64. The standard InChI is InChI=1S/C60H65N9O7/c1-6-7-23-67(57(70)53(32(2)3)65-59(72)74-4)29-48-62-39-17-13-37-25-35(14-18-40(37)46(27-39)63-48)36-15-19-41-38(26-36)16-22-45-55(41)69(61)56(64-45)47-24-33(30-76-31-44-42-20-21-43-50-49(42)52(44)51(43)50)28-68(47)58(71)54(66-60(73)75-5)34-11-9-8-10-12-34/h1,8-12,14-16,18-19,22,25-26,32-33,39,43,46-47,49,52-54H,7,13,17,20-21,23-24,27-31,61H2,2-5H3,(H,62,63)(H,65,72)(H,66,73). The highest BCUT2D eigenvalue weighted by atomic mass is 16.5. The molecule has 9 atom stereocenters. The van der Waals surface area contributed by atoms with E-state index in [0.717, 1.165) is 63.9 Å². The molecule has 7 aliphatic rings. The Morgan fingerprint density at radius 1 is 0.921 bits per heavy atom. The molecule has 0 radical (unpaired) electrons. The summed E-state index contributed by atoms with van der Waals surface area (Å²) in [5.41, 5.74) is 13.2. The molecule has 5 N–H and O–H groups in total. The van der Waals surface area contributed by atoms with Crippen molar-refractivity contribution in [3.63, 3.8) is 0 Å². The minimum Gasteiger partial charge on any atom is -0.453 e. The summed E-state index contributed by atoms with van der Waals surface area (Å²) in [6, 6.07) is 24.2. The number of benzene rings is 4. The second-order valence-electron chi connectivity index (χ2n) is 22.0. The highest BCUT2D eigenvalue weighted by Crippen LogP contribution is 2.77. The van der Waals surface area contributed by atoms with Crippen molar-refractivity contribution >= 4 is 51.6 Å². The first-order chi connectivity index (χ1) is 36.9. The molecule has 2 bridgehead atoms. The van der Waals surface area contributed by atoms with Crippen LogP contribution in [0.4, 0.5) is 9.59 Å². The zero-order valence-corrected chi connectivity index (χ0v) is 43.5. The second kappa shape index (κ2) is 19.8. The van der Waals surface area contributed by atoms with Crippen LogP contribution in [0, 0.1) is 41.9 Å². The Balaban J connectivity index is 0.800. The van der Waals surface area contributed by atoms with Gasteiger partial charge in [-0.15, -0.1) is 12.3 Å². The van der Waals surface area contributed by atoms with Crippen LogP contribution in [0.2, 0.25) is 0 Å². The van der Waals surface area contributed by atoms with E-state index in [2.05, 4.69) is 64.3 Å². The summed E-state index contributed by atoms with van der Waals surface area (Å²) >= 11 is 0. The number of ether oxygens (including phenoxy) is 3. The fourth-order valence-electron chi connectivity index (χ4n) is 13.6. The van der Waals surface area contributed by atoms with E-state index in [9.17, 15) is 19.2 Å². The van der Waals surface area contributed by atoms with E-state index < -0.39 is 30.3 Å². The summed E-state index contributed by atoms with van der Waals surface area (Å²) in [5.74, 6) is 12.5. The van der Waals surface area contributed by atoms with Crippen molar-refractivity contribution in [3.05, 3.63) is 124 Å². The number of aryl methyl sites for hydroxylation is 1. The number of fused-ring (bicyclic) bond motifs is 9. The number of aromatic nitrogens is 2. The predicted molar refractivity (Wildman–Crippen MR) is 289 cm³/mol. The van der Waals surface area contributed by atoms with Crippen molar-refractivity contribution in [3.8, 4) is 23.5 Å². The number of imidazole rings is 1. The lowest BCUT2D eigenvalue weighted by Gasteiger charge is -2.44. The number of hydrogen-bond acceptors (Lipinski definition) is 11. The number of allylic oxidation sites excluding steroid dienone is 3. The number of alkyl carbamates (subject to hydrolysis) is 2. The Kier molecular flexibility index (Phi) is 12.8. The van der Waals surface area contributed by atoms with Gasteiger partial charge in [-0.2, -0.15) is 0 Å². The van der Waals surface area contributed by atoms with E-state index >= 15 is 0 Å². The summed E-state index contributed by atoms with van der Waals surface area (Å²) in [6.45, 7) is 5.87. The Morgan fingerprint density at radius 2 is 1.70 bits per heavy atom. The number of carbonyl (C=O) groups is 4. The van der Waals surface area contributed by atoms with Crippen LogP contribution in [0.25, 0.3) is 32.9 Å². The van der Waals surface area contributed by atoms with Gasteiger partial charge < -0.3 is 45.8 Å². The van der Waals surface area contributed by atoms with Crippen LogP contribution in [0.1, 0.15) is 93.0 Å². The molecule has 16 nitrogen and oxygen atoms in total. The number of methoxy groups -OCH3 is 2. The lowest BCUT2D eigenvalue weighted by Crippen LogP contribution is -2.54. The smallest absolute Gasteiger partial charge is 0.407 e. The van der Waals surface area contributed by atoms with Gasteiger partial charge in [0.25, 0.3) is 5.91 Å². The molecular formula is C60H65N9O7. The number of nitrogens with two attached hydrogens (primary N) is 1. The topological polar surface area (TPSA) is 195 Å². The Morgan fingerprint density at radius 3 is 2.49 bits per heavy atom. The van der Waals surface area contributed by atoms with Gasteiger partial charge in [0, 0.05) is 54.6 Å². The second-order valence-corrected chi connectivity index (χ2v) is 22.0. The number of amidine groups is 1. The minimum atomic E-state index is -0.992. The lowest BCUT2D eigenvalue weighted by atomic mass is 9.60. The van der Waals surface area contributed by atoms with Crippen LogP contribution in [-0.4, -0.2) is 108 Å². The molecule has 0 spiro atoms. The number of likely N-dealkylation sites (tertiary alicyclic amines) is 1. The molecule has 5 aliphatic carbocycles. The molecule has 3 heterocycles. The van der Waals surface area contributed by atoms with Gasteiger partial charge >= 0.3 is 12.2 Å². The van der Waals surface area contributed by atoms with Gasteiger partial charge in [-0.3, -0.25) is 14.6 Å². The fraction of sp³-hybridized carbons (Fsp3) is 0.433. The highest BCUT2D eigenvalue weighted by molar-refractivity contribution is 6.06. The molecule has 1 aromatic heterocycles. The first kappa shape index (κ1) is 49.2. The van der Waals surface area contributed by atoms with Crippen molar-refractivity contribution < 1.29 is 33.4 Å². The molecule has 392 valence electrons. The van der Waals surface area contributed by atoms with Crippen molar-refractivity contribution in [2.45, 2.75) is 89.0 Å². The van der Waals surface area contributed by atoms with Crippen molar-refractivity contribution in [2.75, 3.05) is 52.9 Å². The number of rotatable bonds is 16. The third kappa shape index (κ3) is 8.62. The first-order valence-electron chi connectivity index (χ1n) is 26.9. The highest BCUT2D eigenvalue weighted by Gasteiger charge is 2.66. The number of hydrogen-bond donors (Lipinski definition) is 4. The zero-order chi connectivity index (χ0) is 52.5. The Labute approximate surface area is 442 Å². The molecule has 76 heavy (non-hydrogen) atoms. The number of terminal acetylenes is 1. The number of carbonyl (C=O) groups excluding carboxylic acids is 4. The molecule has 16 heteroatoms. The molecule has 2 aliphatic heterocycles. The number of nitrogen functional groups attached to an aromatic ring is 1. The predicted octanol–water partition coefficient (Wildman–Crippen LogP) is 7.83. The maximum Gasteiger partial charge on any atom is 0.407 e. The number of amides is 4. The number of aliphatic imine (C=N–C) groups is 1. The van der Waals surface area contributed by atoms with E-state index in [1.54, 1.807) is 26.3 Å². The number of nitrogens with one attached hydrogen (secondary N) is 3. The van der Waals surface area contributed by atoms with E-state index in [-0.39, 0.29) is 42.3 Å². The summed E-state index contributed by atoms with van der Waals surface area (Å²) in [5, 5.41) is 11.1. The third-order valence-corrected chi connectivity index (χ3v) is 17.3. The fourth-order valence-corrected chi connectivity index (χ4v) is 13.6. The summed E-state index contributed by atoms with van der Waals surface area (Å²) < 4.78 is 18.0. The van der Waals surface area contributed by atoms with E-state index in [4.69, 9.17) is 36.5 Å². The average molecular weight is 1020 g/mol. The summed E-state index contributed by atoms with van der Waals surface area (Å²) in [7, 11) is 2.57. The average Bonchev–Trinajstić information content (AvgIpc) is 4.10. The van der Waals surface area contributed by atoms with Crippen LogP contribution >= 0.6 is 0 Å². The van der Waals surface area contributed by atoms with Crippen molar-refractivity contribution in [1.29, 1.82) is 0 Å².